The maximum absolute atomic E-state index is 12.9. The van der Waals surface area contributed by atoms with Crippen molar-refractivity contribution >= 4 is 68.1 Å². The Bertz CT molecular complexity index is 1200. The first-order valence-electron chi connectivity index (χ1n) is 9.57. The minimum absolute atomic E-state index is 0.0243. The highest BCUT2D eigenvalue weighted by Crippen LogP contribution is 2.36. The van der Waals surface area contributed by atoms with Gasteiger partial charge in [0.25, 0.3) is 11.1 Å². The summed E-state index contributed by atoms with van der Waals surface area (Å²) in [7, 11) is 0. The van der Waals surface area contributed by atoms with Crippen LogP contribution < -0.4 is 4.74 Å². The van der Waals surface area contributed by atoms with Gasteiger partial charge < -0.3 is 4.74 Å². The summed E-state index contributed by atoms with van der Waals surface area (Å²) in [6, 6.07) is 20.4. The van der Waals surface area contributed by atoms with Gasteiger partial charge in [-0.25, -0.2) is 0 Å². The van der Waals surface area contributed by atoms with Crippen molar-refractivity contribution in [1.29, 1.82) is 0 Å². The van der Waals surface area contributed by atoms with Crippen LogP contribution in [0.5, 0.6) is 5.75 Å². The summed E-state index contributed by atoms with van der Waals surface area (Å²) in [5.41, 5.74) is 2.38. The molecular formula is C24H16BrCl2NO3S. The number of carbonyl (C=O) groups is 2. The van der Waals surface area contributed by atoms with Gasteiger partial charge in [-0.3, -0.25) is 14.5 Å². The second-order valence-corrected chi connectivity index (χ2v) is 9.59. The van der Waals surface area contributed by atoms with Gasteiger partial charge in [-0.2, -0.15) is 0 Å². The van der Waals surface area contributed by atoms with Gasteiger partial charge in [0.2, 0.25) is 0 Å². The van der Waals surface area contributed by atoms with Crippen LogP contribution in [-0.4, -0.2) is 16.0 Å². The molecule has 0 saturated carbocycles. The number of nitrogens with zero attached hydrogens (tertiary/aromatic N) is 1. The van der Waals surface area contributed by atoms with Gasteiger partial charge in [0.05, 0.1) is 15.9 Å². The summed E-state index contributed by atoms with van der Waals surface area (Å²) in [6.45, 7) is 0.471. The van der Waals surface area contributed by atoms with E-state index in [2.05, 4.69) is 15.9 Å². The number of carbonyl (C=O) groups excluding carboxylic acids is 2. The fourth-order valence-corrected chi connectivity index (χ4v) is 4.95. The molecule has 0 aromatic heterocycles. The summed E-state index contributed by atoms with van der Waals surface area (Å²) < 4.78 is 6.62. The highest BCUT2D eigenvalue weighted by Gasteiger charge is 2.35. The van der Waals surface area contributed by atoms with Crippen molar-refractivity contribution in [2.45, 2.75) is 13.2 Å². The molecule has 0 radical (unpaired) electrons. The predicted molar refractivity (Wildman–Crippen MR) is 133 cm³/mol. The van der Waals surface area contributed by atoms with Crippen molar-refractivity contribution in [3.05, 3.63) is 103 Å². The molecule has 1 aliphatic heterocycles. The number of imide groups is 1. The summed E-state index contributed by atoms with van der Waals surface area (Å²) >= 11 is 16.8. The lowest BCUT2D eigenvalue weighted by atomic mass is 10.2. The number of benzene rings is 3. The largest absolute Gasteiger partial charge is 0.488 e. The first kappa shape index (κ1) is 22.9. The highest BCUT2D eigenvalue weighted by atomic mass is 79.9. The standard InChI is InChI=1S/C24H16BrCl2NO3S/c25-18-11-16(9-10-21(18)31-14-15-5-2-1-3-6-15)12-22-23(29)28(24(30)32-22)13-17-19(26)7-4-8-20(17)27/h1-12H,13-14H2/b22-12-. The van der Waals surface area contributed by atoms with Gasteiger partial charge in [0, 0.05) is 15.6 Å². The van der Waals surface area contributed by atoms with Crippen LogP contribution in [0.1, 0.15) is 16.7 Å². The Morgan fingerprint density at radius 1 is 0.969 bits per heavy atom. The smallest absolute Gasteiger partial charge is 0.293 e. The maximum Gasteiger partial charge on any atom is 0.293 e. The Labute approximate surface area is 208 Å². The van der Waals surface area contributed by atoms with Crippen LogP contribution in [0.15, 0.2) is 76.1 Å². The lowest BCUT2D eigenvalue weighted by molar-refractivity contribution is -0.123. The summed E-state index contributed by atoms with van der Waals surface area (Å²) in [4.78, 5) is 26.8. The van der Waals surface area contributed by atoms with Crippen molar-refractivity contribution < 1.29 is 14.3 Å². The molecule has 4 nitrogen and oxygen atoms in total. The van der Waals surface area contributed by atoms with E-state index in [4.69, 9.17) is 27.9 Å². The van der Waals surface area contributed by atoms with E-state index in [0.29, 0.717) is 32.9 Å². The molecule has 0 aliphatic carbocycles. The molecule has 4 rings (SSSR count). The minimum atomic E-state index is -0.378. The molecular weight excluding hydrogens is 533 g/mol. The number of rotatable bonds is 6. The Hall–Kier alpha value is -2.25. The number of thioether (sulfide) groups is 1. The molecule has 32 heavy (non-hydrogen) atoms. The van der Waals surface area contributed by atoms with Crippen molar-refractivity contribution in [2.24, 2.45) is 0 Å². The molecule has 1 heterocycles. The van der Waals surface area contributed by atoms with Crippen LogP contribution in [0.2, 0.25) is 10.0 Å². The summed E-state index contributed by atoms with van der Waals surface area (Å²) in [6.07, 6.45) is 1.69. The van der Waals surface area contributed by atoms with Gasteiger partial charge in [-0.05, 0) is 69.2 Å². The lowest BCUT2D eigenvalue weighted by Crippen LogP contribution is -2.27. The zero-order valence-corrected chi connectivity index (χ0v) is 20.5. The zero-order chi connectivity index (χ0) is 22.7. The first-order chi connectivity index (χ1) is 15.4. The number of hydrogen-bond donors (Lipinski definition) is 0. The molecule has 1 fully saturated rings. The molecule has 0 N–H and O–H groups in total. The molecule has 1 saturated heterocycles. The van der Waals surface area contributed by atoms with Crippen molar-refractivity contribution in [3.8, 4) is 5.75 Å². The highest BCUT2D eigenvalue weighted by molar-refractivity contribution is 9.10. The van der Waals surface area contributed by atoms with E-state index in [1.165, 1.54) is 0 Å². The van der Waals surface area contributed by atoms with Crippen LogP contribution in [-0.2, 0) is 17.9 Å². The lowest BCUT2D eigenvalue weighted by Gasteiger charge is -2.14. The van der Waals surface area contributed by atoms with E-state index in [-0.39, 0.29) is 17.7 Å². The molecule has 2 amide bonds. The monoisotopic (exact) mass is 547 g/mol. The normalized spacial score (nSPS) is 15.0. The van der Waals surface area contributed by atoms with Crippen LogP contribution in [0.4, 0.5) is 4.79 Å². The molecule has 162 valence electrons. The average molecular weight is 549 g/mol. The number of ether oxygens (including phenoxy) is 1. The third-order valence-electron chi connectivity index (χ3n) is 4.74. The third kappa shape index (κ3) is 5.21. The van der Waals surface area contributed by atoms with E-state index in [1.807, 2.05) is 48.5 Å². The molecule has 0 spiro atoms. The van der Waals surface area contributed by atoms with Crippen molar-refractivity contribution in [2.75, 3.05) is 0 Å². The molecule has 8 heteroatoms. The quantitative estimate of drug-likeness (QED) is 0.298. The molecule has 0 bridgehead atoms. The summed E-state index contributed by atoms with van der Waals surface area (Å²) in [5.74, 6) is 0.309. The van der Waals surface area contributed by atoms with E-state index in [0.717, 1.165) is 32.3 Å². The van der Waals surface area contributed by atoms with E-state index < -0.39 is 0 Å². The Kier molecular flexibility index (Phi) is 7.26. The summed E-state index contributed by atoms with van der Waals surface area (Å²) in [5, 5.41) is 0.463. The maximum atomic E-state index is 12.9. The van der Waals surface area contributed by atoms with Crippen LogP contribution in [0.3, 0.4) is 0 Å². The topological polar surface area (TPSA) is 46.6 Å². The zero-order valence-electron chi connectivity index (χ0n) is 16.6. The third-order valence-corrected chi connectivity index (χ3v) is 6.98. The number of halogens is 3. The van der Waals surface area contributed by atoms with Gasteiger partial charge >= 0.3 is 0 Å². The van der Waals surface area contributed by atoms with Gasteiger partial charge in [0.1, 0.15) is 12.4 Å². The van der Waals surface area contributed by atoms with Crippen molar-refractivity contribution in [1.82, 2.24) is 4.90 Å². The number of amides is 2. The van der Waals surface area contributed by atoms with Gasteiger partial charge in [0.15, 0.2) is 0 Å². The second-order valence-electron chi connectivity index (χ2n) is 6.93. The minimum Gasteiger partial charge on any atom is -0.488 e. The van der Waals surface area contributed by atoms with Crippen LogP contribution >= 0.6 is 50.9 Å². The molecule has 0 atom stereocenters. The Morgan fingerprint density at radius 2 is 1.69 bits per heavy atom. The first-order valence-corrected chi connectivity index (χ1v) is 11.9. The van der Waals surface area contributed by atoms with E-state index >= 15 is 0 Å². The van der Waals surface area contributed by atoms with Crippen LogP contribution in [0, 0.1) is 0 Å². The van der Waals surface area contributed by atoms with Crippen LogP contribution in [0.25, 0.3) is 6.08 Å². The Balaban J connectivity index is 1.48. The second kappa shape index (κ2) is 10.1. The molecule has 0 unspecified atom stereocenters. The molecule has 3 aromatic rings. The number of hydrogen-bond acceptors (Lipinski definition) is 4. The van der Waals surface area contributed by atoms with E-state index in [1.54, 1.807) is 24.3 Å². The van der Waals surface area contributed by atoms with E-state index in [9.17, 15) is 9.59 Å². The Morgan fingerprint density at radius 3 is 2.38 bits per heavy atom. The fraction of sp³-hybridized carbons (Fsp3) is 0.0833. The fourth-order valence-electron chi connectivity index (χ4n) is 3.09. The molecule has 3 aromatic carbocycles. The van der Waals surface area contributed by atoms with Crippen molar-refractivity contribution in [3.63, 3.8) is 0 Å². The average Bonchev–Trinajstić information content (AvgIpc) is 3.03. The molecule has 1 aliphatic rings. The van der Waals surface area contributed by atoms with Gasteiger partial charge in [-0.1, -0.05) is 65.7 Å². The predicted octanol–water partition coefficient (Wildman–Crippen LogP) is 7.57. The SMILES string of the molecule is O=C1S/C(=C\c2ccc(OCc3ccccc3)c(Br)c2)C(=O)N1Cc1c(Cl)cccc1Cl. The van der Waals surface area contributed by atoms with Gasteiger partial charge in [-0.15, -0.1) is 0 Å².